The zero-order valence-electron chi connectivity index (χ0n) is 11.9. The number of nitrogens with zero attached hydrogens (tertiary/aromatic N) is 3. The number of aromatic nitrogens is 3. The number of halogens is 2. The van der Waals surface area contributed by atoms with Crippen LogP contribution in [0.25, 0.3) is 11.3 Å². The first-order valence-corrected chi connectivity index (χ1v) is 7.48. The van der Waals surface area contributed by atoms with Crippen LogP contribution in [-0.2, 0) is 6.61 Å². The molecule has 0 fully saturated rings. The van der Waals surface area contributed by atoms with Crippen molar-refractivity contribution in [1.82, 2.24) is 15.0 Å². The minimum Gasteiger partial charge on any atom is -0.489 e. The summed E-state index contributed by atoms with van der Waals surface area (Å²) in [4.78, 5) is 12.2. The van der Waals surface area contributed by atoms with Gasteiger partial charge in [-0.3, -0.25) is 4.98 Å². The van der Waals surface area contributed by atoms with E-state index in [-0.39, 0.29) is 5.95 Å². The van der Waals surface area contributed by atoms with Gasteiger partial charge in [0.05, 0.1) is 5.69 Å². The maximum atomic E-state index is 6.13. The van der Waals surface area contributed by atoms with Gasteiger partial charge < -0.3 is 10.5 Å². The van der Waals surface area contributed by atoms with Crippen LogP contribution in [0.5, 0.6) is 5.75 Å². The third kappa shape index (κ3) is 3.88. The maximum absolute atomic E-state index is 6.13. The van der Waals surface area contributed by atoms with Crippen molar-refractivity contribution in [2.45, 2.75) is 6.61 Å². The molecular weight excluding hydrogens is 335 g/mol. The fourth-order valence-electron chi connectivity index (χ4n) is 1.93. The minimum absolute atomic E-state index is 0.221. The Labute approximate surface area is 143 Å². The number of hydrogen-bond donors (Lipinski definition) is 1. The van der Waals surface area contributed by atoms with E-state index < -0.39 is 0 Å². The van der Waals surface area contributed by atoms with Gasteiger partial charge in [-0.05, 0) is 18.2 Å². The standard InChI is InChI=1S/C16H12Cl2N4O/c17-12-2-1-10(14(18)5-12)9-23-13-3-4-20-15(6-13)11-7-21-16(19)22-8-11/h1-8H,9H2,(H2,19,21,22). The monoisotopic (exact) mass is 346 g/mol. The van der Waals surface area contributed by atoms with E-state index in [4.69, 9.17) is 33.7 Å². The molecule has 0 radical (unpaired) electrons. The Morgan fingerprint density at radius 1 is 1.00 bits per heavy atom. The second kappa shape index (κ2) is 6.81. The van der Waals surface area contributed by atoms with E-state index in [1.54, 1.807) is 42.9 Å². The molecule has 0 aliphatic heterocycles. The van der Waals surface area contributed by atoms with Gasteiger partial charge in [0.1, 0.15) is 12.4 Å². The van der Waals surface area contributed by atoms with Crippen molar-refractivity contribution in [2.75, 3.05) is 5.73 Å². The third-order valence-corrected chi connectivity index (χ3v) is 3.70. The van der Waals surface area contributed by atoms with Crippen LogP contribution in [0.4, 0.5) is 5.95 Å². The molecule has 0 unspecified atom stereocenters. The Morgan fingerprint density at radius 2 is 1.78 bits per heavy atom. The highest BCUT2D eigenvalue weighted by Crippen LogP contribution is 2.24. The number of benzene rings is 1. The van der Waals surface area contributed by atoms with Crippen LogP contribution >= 0.6 is 23.2 Å². The van der Waals surface area contributed by atoms with Crippen LogP contribution in [0.3, 0.4) is 0 Å². The van der Waals surface area contributed by atoms with Gasteiger partial charge in [0.25, 0.3) is 0 Å². The fourth-order valence-corrected chi connectivity index (χ4v) is 2.39. The summed E-state index contributed by atoms with van der Waals surface area (Å²) >= 11 is 12.0. The van der Waals surface area contributed by atoms with Crippen LogP contribution < -0.4 is 10.5 Å². The molecule has 0 amide bonds. The molecule has 0 bridgehead atoms. The van der Waals surface area contributed by atoms with E-state index in [2.05, 4.69) is 15.0 Å². The lowest BCUT2D eigenvalue weighted by Crippen LogP contribution is -1.98. The molecule has 7 heteroatoms. The van der Waals surface area contributed by atoms with Crippen molar-refractivity contribution in [3.8, 4) is 17.0 Å². The molecule has 23 heavy (non-hydrogen) atoms. The first-order valence-electron chi connectivity index (χ1n) is 6.72. The SMILES string of the molecule is Nc1ncc(-c2cc(OCc3ccc(Cl)cc3Cl)ccn2)cn1. The summed E-state index contributed by atoms with van der Waals surface area (Å²) in [6, 6.07) is 8.87. The van der Waals surface area contributed by atoms with Crippen LogP contribution in [0.1, 0.15) is 5.56 Å². The second-order valence-corrected chi connectivity index (χ2v) is 5.57. The zero-order valence-corrected chi connectivity index (χ0v) is 13.4. The van der Waals surface area contributed by atoms with Crippen molar-refractivity contribution in [3.05, 3.63) is 64.5 Å². The van der Waals surface area contributed by atoms with E-state index in [1.165, 1.54) is 0 Å². The number of ether oxygens (including phenoxy) is 1. The molecule has 116 valence electrons. The molecule has 3 rings (SSSR count). The molecule has 0 aliphatic carbocycles. The van der Waals surface area contributed by atoms with Gasteiger partial charge in [0.15, 0.2) is 0 Å². The average Bonchev–Trinajstić information content (AvgIpc) is 2.55. The van der Waals surface area contributed by atoms with Crippen molar-refractivity contribution in [3.63, 3.8) is 0 Å². The smallest absolute Gasteiger partial charge is 0.219 e. The number of nitrogen functional groups attached to an aromatic ring is 1. The van der Waals surface area contributed by atoms with Crippen LogP contribution in [0.15, 0.2) is 48.9 Å². The van der Waals surface area contributed by atoms with Crippen LogP contribution in [0, 0.1) is 0 Å². The van der Waals surface area contributed by atoms with E-state index in [9.17, 15) is 0 Å². The fraction of sp³-hybridized carbons (Fsp3) is 0.0625. The molecule has 2 N–H and O–H groups in total. The van der Waals surface area contributed by atoms with Gasteiger partial charge in [0, 0.05) is 45.8 Å². The Balaban J connectivity index is 1.76. The molecule has 0 saturated heterocycles. The first kappa shape index (κ1) is 15.5. The van der Waals surface area contributed by atoms with Gasteiger partial charge in [-0.2, -0.15) is 0 Å². The topological polar surface area (TPSA) is 73.9 Å². The predicted molar refractivity (Wildman–Crippen MR) is 90.5 cm³/mol. The molecule has 5 nitrogen and oxygen atoms in total. The first-order chi connectivity index (χ1) is 11.1. The Bertz CT molecular complexity index is 825. The summed E-state index contributed by atoms with van der Waals surface area (Å²) in [5.74, 6) is 0.886. The molecule has 3 aromatic rings. The van der Waals surface area contributed by atoms with E-state index >= 15 is 0 Å². The molecule has 0 spiro atoms. The molecule has 2 aromatic heterocycles. The van der Waals surface area contributed by atoms with Crippen molar-refractivity contribution >= 4 is 29.2 Å². The van der Waals surface area contributed by atoms with Crippen molar-refractivity contribution < 1.29 is 4.74 Å². The molecular formula is C16H12Cl2N4O. The summed E-state index contributed by atoms with van der Waals surface area (Å²) in [7, 11) is 0. The lowest BCUT2D eigenvalue weighted by Gasteiger charge is -2.09. The van der Waals surface area contributed by atoms with E-state index in [0.717, 1.165) is 11.1 Å². The van der Waals surface area contributed by atoms with E-state index in [0.29, 0.717) is 28.1 Å². The third-order valence-electron chi connectivity index (χ3n) is 3.11. The number of rotatable bonds is 4. The van der Waals surface area contributed by atoms with Crippen molar-refractivity contribution in [2.24, 2.45) is 0 Å². The normalized spacial score (nSPS) is 10.5. The molecule has 0 aliphatic rings. The largest absolute Gasteiger partial charge is 0.489 e. The summed E-state index contributed by atoms with van der Waals surface area (Å²) < 4.78 is 5.77. The number of anilines is 1. The molecule has 2 heterocycles. The van der Waals surface area contributed by atoms with Crippen LogP contribution in [0.2, 0.25) is 10.0 Å². The second-order valence-electron chi connectivity index (χ2n) is 4.73. The Hall–Kier alpha value is -2.37. The lowest BCUT2D eigenvalue weighted by atomic mass is 10.2. The van der Waals surface area contributed by atoms with Gasteiger partial charge in [-0.1, -0.05) is 29.3 Å². The maximum Gasteiger partial charge on any atom is 0.219 e. The number of nitrogens with two attached hydrogens (primary N) is 1. The van der Waals surface area contributed by atoms with Gasteiger partial charge in [-0.15, -0.1) is 0 Å². The minimum atomic E-state index is 0.221. The van der Waals surface area contributed by atoms with Crippen LogP contribution in [-0.4, -0.2) is 15.0 Å². The van der Waals surface area contributed by atoms with Gasteiger partial charge in [0.2, 0.25) is 5.95 Å². The number of pyridine rings is 1. The summed E-state index contributed by atoms with van der Waals surface area (Å²) in [6.07, 6.45) is 4.89. The van der Waals surface area contributed by atoms with Gasteiger partial charge in [-0.25, -0.2) is 9.97 Å². The summed E-state index contributed by atoms with van der Waals surface area (Å²) in [6.45, 7) is 0.331. The lowest BCUT2D eigenvalue weighted by molar-refractivity contribution is 0.306. The summed E-state index contributed by atoms with van der Waals surface area (Å²) in [5.41, 5.74) is 7.79. The molecule has 0 saturated carbocycles. The zero-order chi connectivity index (χ0) is 16.2. The molecule has 0 atom stereocenters. The Morgan fingerprint density at radius 3 is 2.52 bits per heavy atom. The number of hydrogen-bond acceptors (Lipinski definition) is 5. The predicted octanol–water partition coefficient (Wildman–Crippen LogP) is 4.01. The quantitative estimate of drug-likeness (QED) is 0.772. The molecule has 1 aromatic carbocycles. The summed E-state index contributed by atoms with van der Waals surface area (Å²) in [5, 5.41) is 1.16. The highest BCUT2D eigenvalue weighted by molar-refractivity contribution is 6.35. The highest BCUT2D eigenvalue weighted by atomic mass is 35.5. The highest BCUT2D eigenvalue weighted by Gasteiger charge is 2.05. The van der Waals surface area contributed by atoms with E-state index in [1.807, 2.05) is 6.07 Å². The van der Waals surface area contributed by atoms with Gasteiger partial charge >= 0.3 is 0 Å². The van der Waals surface area contributed by atoms with Crippen molar-refractivity contribution in [1.29, 1.82) is 0 Å². The average molecular weight is 347 g/mol. The Kier molecular flexibility index (Phi) is 4.60.